The highest BCUT2D eigenvalue weighted by Gasteiger charge is 2.21. The summed E-state index contributed by atoms with van der Waals surface area (Å²) in [4.78, 5) is 14.7. The third-order valence-electron chi connectivity index (χ3n) is 4.78. The zero-order valence-electron chi connectivity index (χ0n) is 15.5. The molecule has 0 saturated carbocycles. The van der Waals surface area contributed by atoms with Crippen LogP contribution in [0.1, 0.15) is 35.4 Å². The van der Waals surface area contributed by atoms with Crippen molar-refractivity contribution < 1.29 is 9.32 Å². The average Bonchev–Trinajstić information content (AvgIpc) is 2.95. The van der Waals surface area contributed by atoms with Gasteiger partial charge >= 0.3 is 0 Å². The molecule has 1 amide bonds. The summed E-state index contributed by atoms with van der Waals surface area (Å²) < 4.78 is 5.17. The minimum Gasteiger partial charge on any atom is -0.361 e. The Kier molecular flexibility index (Phi) is 6.74. The molecule has 0 spiro atoms. The van der Waals surface area contributed by atoms with E-state index in [1.165, 1.54) is 5.56 Å². The van der Waals surface area contributed by atoms with Crippen molar-refractivity contribution in [2.45, 2.75) is 45.0 Å². The van der Waals surface area contributed by atoms with Gasteiger partial charge in [-0.25, -0.2) is 0 Å². The molecule has 0 bridgehead atoms. The molecule has 2 aromatic rings. The van der Waals surface area contributed by atoms with E-state index in [1.54, 1.807) is 11.8 Å². The molecular weight excluding hydrogens is 346 g/mol. The van der Waals surface area contributed by atoms with Crippen molar-refractivity contribution in [3.8, 4) is 0 Å². The monoisotopic (exact) mass is 373 g/mol. The molecule has 1 aliphatic rings. The first-order valence-electron chi connectivity index (χ1n) is 9.17. The van der Waals surface area contributed by atoms with E-state index in [0.717, 1.165) is 55.2 Å². The number of carbonyl (C=O) groups is 1. The number of carbonyl (C=O) groups excluding carboxylic acids is 1. The van der Waals surface area contributed by atoms with Gasteiger partial charge in [-0.1, -0.05) is 35.5 Å². The van der Waals surface area contributed by atoms with Crippen LogP contribution in [0.2, 0.25) is 0 Å². The van der Waals surface area contributed by atoms with Gasteiger partial charge < -0.3 is 9.84 Å². The molecule has 1 saturated heterocycles. The Morgan fingerprint density at radius 1 is 1.35 bits per heavy atom. The minimum absolute atomic E-state index is 0.119. The maximum atomic E-state index is 12.3. The first-order valence-corrected chi connectivity index (χ1v) is 10.3. The number of nitrogens with zero attached hydrogens (tertiary/aromatic N) is 2. The van der Waals surface area contributed by atoms with Crippen LogP contribution in [0, 0.1) is 13.8 Å². The number of rotatable bonds is 7. The Hall–Kier alpha value is -1.79. The van der Waals surface area contributed by atoms with Crippen LogP contribution in [0.3, 0.4) is 0 Å². The second-order valence-corrected chi connectivity index (χ2v) is 7.91. The molecule has 1 aromatic carbocycles. The summed E-state index contributed by atoms with van der Waals surface area (Å²) in [5.41, 5.74) is 3.35. The summed E-state index contributed by atoms with van der Waals surface area (Å²) in [6.07, 6.45) is 2.19. The van der Waals surface area contributed by atoms with Crippen LogP contribution in [0.15, 0.2) is 34.9 Å². The largest absolute Gasteiger partial charge is 0.361 e. The maximum absolute atomic E-state index is 12.3. The van der Waals surface area contributed by atoms with E-state index in [0.29, 0.717) is 5.75 Å². The van der Waals surface area contributed by atoms with Gasteiger partial charge in [0, 0.05) is 30.4 Å². The molecule has 2 heterocycles. The molecular formula is C20H27N3O2S. The zero-order chi connectivity index (χ0) is 18.4. The molecule has 26 heavy (non-hydrogen) atoms. The predicted molar refractivity (Wildman–Crippen MR) is 105 cm³/mol. The highest BCUT2D eigenvalue weighted by Crippen LogP contribution is 2.19. The number of benzene rings is 1. The second kappa shape index (κ2) is 9.24. The van der Waals surface area contributed by atoms with Crippen molar-refractivity contribution in [2.24, 2.45) is 0 Å². The van der Waals surface area contributed by atoms with Gasteiger partial charge in [0.1, 0.15) is 5.76 Å². The molecule has 140 valence electrons. The second-order valence-electron chi connectivity index (χ2n) is 6.92. The lowest BCUT2D eigenvalue weighted by atomic mass is 10.0. The van der Waals surface area contributed by atoms with Gasteiger partial charge in [-0.3, -0.25) is 9.69 Å². The summed E-state index contributed by atoms with van der Waals surface area (Å²) in [7, 11) is 0. The van der Waals surface area contributed by atoms with Crippen LogP contribution in [-0.4, -0.2) is 40.8 Å². The molecule has 6 heteroatoms. The van der Waals surface area contributed by atoms with Crippen molar-refractivity contribution in [3.05, 3.63) is 52.9 Å². The number of hydrogen-bond acceptors (Lipinski definition) is 5. The fraction of sp³-hybridized carbons (Fsp3) is 0.500. The molecule has 0 aliphatic carbocycles. The van der Waals surface area contributed by atoms with Gasteiger partial charge in [0.25, 0.3) is 0 Å². The molecule has 1 atom stereocenters. The molecule has 1 aliphatic heterocycles. The van der Waals surface area contributed by atoms with Crippen molar-refractivity contribution in [3.63, 3.8) is 0 Å². The Bertz CT molecular complexity index is 698. The van der Waals surface area contributed by atoms with Gasteiger partial charge in [-0.05, 0) is 38.8 Å². The lowest BCUT2D eigenvalue weighted by molar-refractivity contribution is -0.119. The molecule has 0 radical (unpaired) electrons. The van der Waals surface area contributed by atoms with E-state index in [9.17, 15) is 4.79 Å². The van der Waals surface area contributed by atoms with Gasteiger partial charge in [-0.15, -0.1) is 11.8 Å². The number of amides is 1. The van der Waals surface area contributed by atoms with Crippen LogP contribution in [0.5, 0.6) is 0 Å². The van der Waals surface area contributed by atoms with E-state index in [2.05, 4.69) is 39.6 Å². The Morgan fingerprint density at radius 3 is 2.88 bits per heavy atom. The highest BCUT2D eigenvalue weighted by molar-refractivity contribution is 7.99. The smallest absolute Gasteiger partial charge is 0.230 e. The predicted octanol–water partition coefficient (Wildman–Crippen LogP) is 3.31. The SMILES string of the molecule is Cc1noc(C)c1CSCC(=O)NC1CCCN(Cc2ccccc2)C1. The highest BCUT2D eigenvalue weighted by atomic mass is 32.2. The van der Waals surface area contributed by atoms with Crippen LogP contribution in [0.25, 0.3) is 0 Å². The normalized spacial score (nSPS) is 18.0. The summed E-state index contributed by atoms with van der Waals surface area (Å²) in [5, 5.41) is 7.16. The van der Waals surface area contributed by atoms with Gasteiger partial charge in [0.15, 0.2) is 0 Å². The quantitative estimate of drug-likeness (QED) is 0.807. The first-order chi connectivity index (χ1) is 12.6. The summed E-state index contributed by atoms with van der Waals surface area (Å²) in [6.45, 7) is 6.83. The van der Waals surface area contributed by atoms with E-state index in [4.69, 9.17) is 4.52 Å². The van der Waals surface area contributed by atoms with E-state index in [1.807, 2.05) is 19.9 Å². The number of aryl methyl sites for hydroxylation is 2. The number of piperidine rings is 1. The molecule has 1 fully saturated rings. The lowest BCUT2D eigenvalue weighted by Crippen LogP contribution is -2.47. The zero-order valence-corrected chi connectivity index (χ0v) is 16.3. The van der Waals surface area contributed by atoms with Crippen molar-refractivity contribution in [1.82, 2.24) is 15.4 Å². The third kappa shape index (κ3) is 5.35. The van der Waals surface area contributed by atoms with Crippen LogP contribution in [0.4, 0.5) is 0 Å². The molecule has 5 nitrogen and oxygen atoms in total. The topological polar surface area (TPSA) is 58.4 Å². The maximum Gasteiger partial charge on any atom is 0.230 e. The summed E-state index contributed by atoms with van der Waals surface area (Å²) >= 11 is 1.61. The number of aromatic nitrogens is 1. The molecule has 1 aromatic heterocycles. The van der Waals surface area contributed by atoms with Crippen molar-refractivity contribution >= 4 is 17.7 Å². The van der Waals surface area contributed by atoms with Gasteiger partial charge in [-0.2, -0.15) is 0 Å². The molecule has 3 rings (SSSR count). The number of nitrogens with one attached hydrogen (secondary N) is 1. The van der Waals surface area contributed by atoms with Crippen LogP contribution >= 0.6 is 11.8 Å². The van der Waals surface area contributed by atoms with Crippen molar-refractivity contribution in [2.75, 3.05) is 18.8 Å². The summed E-state index contributed by atoms with van der Waals surface area (Å²) in [5.74, 6) is 2.20. The molecule has 1 N–H and O–H groups in total. The van der Waals surface area contributed by atoms with Gasteiger partial charge in [0.2, 0.25) is 5.91 Å². The standard InChI is InChI=1S/C20H27N3O2S/c1-15-19(16(2)25-22-15)13-26-14-20(24)21-18-9-6-10-23(12-18)11-17-7-4-3-5-8-17/h3-5,7-8,18H,6,9-14H2,1-2H3,(H,21,24). The minimum atomic E-state index is 0.119. The molecule has 1 unspecified atom stereocenters. The summed E-state index contributed by atoms with van der Waals surface area (Å²) in [6, 6.07) is 10.8. The Morgan fingerprint density at radius 2 is 2.15 bits per heavy atom. The van der Waals surface area contributed by atoms with E-state index in [-0.39, 0.29) is 11.9 Å². The van der Waals surface area contributed by atoms with Crippen LogP contribution < -0.4 is 5.32 Å². The third-order valence-corrected chi connectivity index (χ3v) is 5.74. The first kappa shape index (κ1) is 19.0. The Labute approximate surface area is 159 Å². The number of likely N-dealkylation sites (tertiary alicyclic amines) is 1. The van der Waals surface area contributed by atoms with Crippen LogP contribution in [-0.2, 0) is 17.1 Å². The number of hydrogen-bond donors (Lipinski definition) is 1. The fourth-order valence-corrected chi connectivity index (χ4v) is 4.37. The fourth-order valence-electron chi connectivity index (χ4n) is 3.38. The lowest BCUT2D eigenvalue weighted by Gasteiger charge is -2.33. The van der Waals surface area contributed by atoms with E-state index >= 15 is 0 Å². The number of thioether (sulfide) groups is 1. The Balaban J connectivity index is 1.41. The average molecular weight is 374 g/mol. The van der Waals surface area contributed by atoms with Crippen molar-refractivity contribution in [1.29, 1.82) is 0 Å². The van der Waals surface area contributed by atoms with Gasteiger partial charge in [0.05, 0.1) is 11.4 Å². The van der Waals surface area contributed by atoms with E-state index < -0.39 is 0 Å².